The second-order valence-corrected chi connectivity index (χ2v) is 5.18. The van der Waals surface area contributed by atoms with Crippen molar-refractivity contribution in [1.29, 1.82) is 0 Å². The summed E-state index contributed by atoms with van der Waals surface area (Å²) in [5.74, 6) is 0.662. The molecule has 0 aromatic carbocycles. The van der Waals surface area contributed by atoms with Crippen LogP contribution in [0.5, 0.6) is 0 Å². The number of hydrogen-bond acceptors (Lipinski definition) is 1. The second-order valence-electron chi connectivity index (χ2n) is 5.18. The van der Waals surface area contributed by atoms with E-state index in [2.05, 4.69) is 38.2 Å². The van der Waals surface area contributed by atoms with E-state index in [0.29, 0.717) is 11.3 Å². The molecule has 0 bridgehead atoms. The highest BCUT2D eigenvalue weighted by molar-refractivity contribution is 5.40. The molecule has 2 aliphatic rings. The molecular formula is C12H19N. The molecule has 1 aliphatic carbocycles. The summed E-state index contributed by atoms with van der Waals surface area (Å²) >= 11 is 0. The van der Waals surface area contributed by atoms with Crippen molar-refractivity contribution in [2.75, 3.05) is 13.1 Å². The van der Waals surface area contributed by atoms with Crippen LogP contribution in [0.3, 0.4) is 0 Å². The number of hydrogen-bond donors (Lipinski definition) is 1. The Morgan fingerprint density at radius 1 is 1.38 bits per heavy atom. The molecule has 1 unspecified atom stereocenters. The van der Waals surface area contributed by atoms with Crippen LogP contribution in [0.15, 0.2) is 23.3 Å². The Kier molecular flexibility index (Phi) is 2.07. The SMILES string of the molecule is CC(C)(C)C1C=CC2=C1CNCC2. The van der Waals surface area contributed by atoms with Crippen LogP contribution in [-0.2, 0) is 0 Å². The van der Waals surface area contributed by atoms with Crippen molar-refractivity contribution in [3.8, 4) is 0 Å². The van der Waals surface area contributed by atoms with Gasteiger partial charge in [-0.3, -0.25) is 0 Å². The smallest absolute Gasteiger partial charge is 0.0176 e. The zero-order valence-electron chi connectivity index (χ0n) is 8.85. The lowest BCUT2D eigenvalue weighted by atomic mass is 9.76. The molecule has 0 amide bonds. The number of nitrogens with one attached hydrogen (secondary N) is 1. The second kappa shape index (κ2) is 2.98. The lowest BCUT2D eigenvalue weighted by Gasteiger charge is -2.30. The van der Waals surface area contributed by atoms with Crippen LogP contribution < -0.4 is 5.32 Å². The minimum atomic E-state index is 0.382. The van der Waals surface area contributed by atoms with Gasteiger partial charge in [0.15, 0.2) is 0 Å². The van der Waals surface area contributed by atoms with Crippen molar-refractivity contribution in [2.24, 2.45) is 11.3 Å². The molecule has 1 atom stereocenters. The van der Waals surface area contributed by atoms with Gasteiger partial charge in [-0.2, -0.15) is 0 Å². The number of allylic oxidation sites excluding steroid dienone is 2. The Hall–Kier alpha value is -0.560. The van der Waals surface area contributed by atoms with Gasteiger partial charge in [0, 0.05) is 12.5 Å². The summed E-state index contributed by atoms with van der Waals surface area (Å²) in [6.07, 6.45) is 5.95. The third-order valence-corrected chi connectivity index (χ3v) is 3.10. The van der Waals surface area contributed by atoms with E-state index in [-0.39, 0.29) is 0 Å². The van der Waals surface area contributed by atoms with Crippen molar-refractivity contribution in [3.63, 3.8) is 0 Å². The maximum Gasteiger partial charge on any atom is 0.0176 e. The van der Waals surface area contributed by atoms with Gasteiger partial charge >= 0.3 is 0 Å². The highest BCUT2D eigenvalue weighted by atomic mass is 14.9. The number of rotatable bonds is 0. The molecule has 1 heteroatoms. The highest BCUT2D eigenvalue weighted by Gasteiger charge is 2.31. The predicted molar refractivity (Wildman–Crippen MR) is 56.6 cm³/mol. The van der Waals surface area contributed by atoms with Crippen LogP contribution in [0.25, 0.3) is 0 Å². The quantitative estimate of drug-likeness (QED) is 0.599. The van der Waals surface area contributed by atoms with E-state index in [4.69, 9.17) is 0 Å². The lowest BCUT2D eigenvalue weighted by molar-refractivity contribution is 0.325. The summed E-state index contributed by atoms with van der Waals surface area (Å²) in [7, 11) is 0. The normalized spacial score (nSPS) is 28.1. The van der Waals surface area contributed by atoms with E-state index in [9.17, 15) is 0 Å². The summed E-state index contributed by atoms with van der Waals surface area (Å²) < 4.78 is 0. The molecule has 1 nitrogen and oxygen atoms in total. The molecule has 0 aromatic heterocycles. The Bertz CT molecular complexity index is 265. The fourth-order valence-corrected chi connectivity index (χ4v) is 2.36. The zero-order valence-corrected chi connectivity index (χ0v) is 8.85. The molecule has 0 saturated heterocycles. The van der Waals surface area contributed by atoms with Crippen molar-refractivity contribution >= 4 is 0 Å². The Morgan fingerprint density at radius 2 is 2.15 bits per heavy atom. The van der Waals surface area contributed by atoms with Gasteiger partial charge in [-0.05, 0) is 29.5 Å². The summed E-state index contributed by atoms with van der Waals surface area (Å²) in [5.41, 5.74) is 3.62. The first kappa shape index (κ1) is 9.01. The van der Waals surface area contributed by atoms with Gasteiger partial charge in [0.2, 0.25) is 0 Å². The minimum Gasteiger partial charge on any atom is -0.313 e. The molecule has 0 fully saturated rings. The Labute approximate surface area is 80.9 Å². The first-order valence-electron chi connectivity index (χ1n) is 5.20. The van der Waals surface area contributed by atoms with Gasteiger partial charge in [0.1, 0.15) is 0 Å². The fourth-order valence-electron chi connectivity index (χ4n) is 2.36. The van der Waals surface area contributed by atoms with Crippen molar-refractivity contribution in [3.05, 3.63) is 23.3 Å². The van der Waals surface area contributed by atoms with E-state index in [1.54, 1.807) is 11.1 Å². The van der Waals surface area contributed by atoms with Crippen LogP contribution >= 0.6 is 0 Å². The molecule has 1 heterocycles. The largest absolute Gasteiger partial charge is 0.313 e. The van der Waals surface area contributed by atoms with E-state index in [1.165, 1.54) is 6.42 Å². The van der Waals surface area contributed by atoms with Gasteiger partial charge in [-0.1, -0.05) is 32.9 Å². The van der Waals surface area contributed by atoms with E-state index in [0.717, 1.165) is 13.1 Å². The van der Waals surface area contributed by atoms with Crippen molar-refractivity contribution in [1.82, 2.24) is 5.32 Å². The topological polar surface area (TPSA) is 12.0 Å². The van der Waals surface area contributed by atoms with Crippen molar-refractivity contribution < 1.29 is 0 Å². The summed E-state index contributed by atoms with van der Waals surface area (Å²) in [4.78, 5) is 0. The molecule has 0 saturated carbocycles. The molecule has 1 N–H and O–H groups in total. The third-order valence-electron chi connectivity index (χ3n) is 3.10. The predicted octanol–water partition coefficient (Wildman–Crippen LogP) is 2.51. The minimum absolute atomic E-state index is 0.382. The third kappa shape index (κ3) is 1.58. The van der Waals surface area contributed by atoms with Crippen LogP contribution in [-0.4, -0.2) is 13.1 Å². The van der Waals surface area contributed by atoms with Crippen LogP contribution in [0.4, 0.5) is 0 Å². The van der Waals surface area contributed by atoms with Gasteiger partial charge in [0.05, 0.1) is 0 Å². The average Bonchev–Trinajstić information content (AvgIpc) is 2.45. The van der Waals surface area contributed by atoms with E-state index >= 15 is 0 Å². The van der Waals surface area contributed by atoms with Gasteiger partial charge in [0.25, 0.3) is 0 Å². The van der Waals surface area contributed by atoms with E-state index < -0.39 is 0 Å². The van der Waals surface area contributed by atoms with Crippen LogP contribution in [0.2, 0.25) is 0 Å². The molecule has 1 aliphatic heterocycles. The maximum absolute atomic E-state index is 3.46. The average molecular weight is 177 g/mol. The van der Waals surface area contributed by atoms with E-state index in [1.807, 2.05) is 0 Å². The molecule has 0 aromatic rings. The Morgan fingerprint density at radius 3 is 2.85 bits per heavy atom. The first-order valence-corrected chi connectivity index (χ1v) is 5.20. The monoisotopic (exact) mass is 177 g/mol. The molecule has 0 radical (unpaired) electrons. The molecule has 13 heavy (non-hydrogen) atoms. The molecule has 0 spiro atoms. The van der Waals surface area contributed by atoms with Crippen molar-refractivity contribution in [2.45, 2.75) is 27.2 Å². The van der Waals surface area contributed by atoms with Gasteiger partial charge < -0.3 is 5.32 Å². The molecule has 72 valence electrons. The summed E-state index contributed by atoms with van der Waals surface area (Å²) in [6.45, 7) is 9.23. The zero-order chi connectivity index (χ0) is 9.47. The van der Waals surface area contributed by atoms with Crippen LogP contribution in [0.1, 0.15) is 27.2 Å². The maximum atomic E-state index is 3.46. The standard InChI is InChI=1S/C12H19N/c1-12(2,3)11-5-4-9-6-7-13-8-10(9)11/h4-5,11,13H,6-8H2,1-3H3. The summed E-state index contributed by atoms with van der Waals surface area (Å²) in [5, 5.41) is 3.46. The van der Waals surface area contributed by atoms with Gasteiger partial charge in [-0.25, -0.2) is 0 Å². The lowest BCUT2D eigenvalue weighted by Crippen LogP contribution is -2.30. The fraction of sp³-hybridized carbons (Fsp3) is 0.667. The summed E-state index contributed by atoms with van der Waals surface area (Å²) in [6, 6.07) is 0. The Balaban J connectivity index is 2.26. The highest BCUT2D eigenvalue weighted by Crippen LogP contribution is 2.40. The van der Waals surface area contributed by atoms with Crippen LogP contribution in [0, 0.1) is 11.3 Å². The first-order chi connectivity index (χ1) is 6.09. The molecule has 2 rings (SSSR count). The van der Waals surface area contributed by atoms with Gasteiger partial charge in [-0.15, -0.1) is 0 Å². The molecular weight excluding hydrogens is 158 g/mol.